The molecule has 0 aromatic rings. The molecule has 2 aliphatic carbocycles. The van der Waals surface area contributed by atoms with Gasteiger partial charge in [0.25, 0.3) is 6.29 Å². The first-order valence-corrected chi connectivity index (χ1v) is 6.89. The average Bonchev–Trinajstić information content (AvgIpc) is 2.50. The van der Waals surface area contributed by atoms with Crippen molar-refractivity contribution < 1.29 is 23.8 Å². The van der Waals surface area contributed by atoms with Crippen LogP contribution in [0.15, 0.2) is 47.3 Å². The minimum atomic E-state index is -1.23. The minimum absolute atomic E-state index is 0.0756. The average molecular weight is 288 g/mol. The molecule has 5 nitrogen and oxygen atoms in total. The summed E-state index contributed by atoms with van der Waals surface area (Å²) in [5.41, 5.74) is 2.73. The van der Waals surface area contributed by atoms with Crippen LogP contribution in [0, 0.1) is 0 Å². The van der Waals surface area contributed by atoms with Gasteiger partial charge in [0.1, 0.15) is 6.10 Å². The third kappa shape index (κ3) is 2.56. The van der Waals surface area contributed by atoms with E-state index in [0.29, 0.717) is 6.42 Å². The monoisotopic (exact) mass is 288 g/mol. The molecular formula is C16H16O5. The molecule has 21 heavy (non-hydrogen) atoms. The second-order valence-electron chi connectivity index (χ2n) is 5.03. The van der Waals surface area contributed by atoms with Gasteiger partial charge in [-0.3, -0.25) is 4.79 Å². The van der Waals surface area contributed by atoms with E-state index in [4.69, 9.17) is 9.47 Å². The number of allylic oxidation sites excluding steroid dienone is 5. The maximum atomic E-state index is 12.2. The summed E-state index contributed by atoms with van der Waals surface area (Å²) >= 11 is 0. The lowest BCUT2D eigenvalue weighted by Crippen LogP contribution is -2.39. The molecule has 0 amide bonds. The number of Topliss-reactive ketones (excluding diaryl/α,β-unsaturated/α-hetero) is 1. The third-order valence-electron chi connectivity index (χ3n) is 3.72. The van der Waals surface area contributed by atoms with Gasteiger partial charge in [-0.05, 0) is 24.0 Å². The minimum Gasteiger partial charge on any atom is -0.464 e. The zero-order chi connectivity index (χ0) is 14.8. The molecular weight excluding hydrogens is 272 g/mol. The highest BCUT2D eigenvalue weighted by molar-refractivity contribution is 5.90. The Labute approximate surface area is 122 Å². The van der Waals surface area contributed by atoms with E-state index in [9.17, 15) is 9.59 Å². The van der Waals surface area contributed by atoms with Crippen LogP contribution in [-0.4, -0.2) is 31.3 Å². The van der Waals surface area contributed by atoms with E-state index < -0.39 is 18.4 Å². The molecule has 0 spiro atoms. The Bertz CT molecular complexity index is 594. The number of ketones is 1. The van der Waals surface area contributed by atoms with E-state index in [2.05, 4.69) is 4.74 Å². The highest BCUT2D eigenvalue weighted by Gasteiger charge is 2.35. The number of carbonyl (C=O) groups is 2. The number of methoxy groups -OCH3 is 1. The van der Waals surface area contributed by atoms with Crippen LogP contribution in [0.1, 0.15) is 19.3 Å². The molecule has 2 atom stereocenters. The highest BCUT2D eigenvalue weighted by Crippen LogP contribution is 2.34. The molecule has 0 bridgehead atoms. The zero-order valence-electron chi connectivity index (χ0n) is 11.7. The molecule has 5 heteroatoms. The van der Waals surface area contributed by atoms with Crippen LogP contribution in [-0.2, 0) is 23.8 Å². The fourth-order valence-electron chi connectivity index (χ4n) is 2.68. The molecule has 1 heterocycles. The van der Waals surface area contributed by atoms with Gasteiger partial charge in [0.2, 0.25) is 0 Å². The van der Waals surface area contributed by atoms with Gasteiger partial charge in [-0.1, -0.05) is 24.3 Å². The Hall–Kier alpha value is -2.14. The van der Waals surface area contributed by atoms with Crippen molar-refractivity contribution in [3.05, 3.63) is 47.3 Å². The van der Waals surface area contributed by atoms with Crippen LogP contribution in [0.2, 0.25) is 0 Å². The fourth-order valence-corrected chi connectivity index (χ4v) is 2.68. The summed E-state index contributed by atoms with van der Waals surface area (Å²) < 4.78 is 15.6. The number of rotatable bonds is 1. The lowest BCUT2D eigenvalue weighted by Gasteiger charge is -2.30. The van der Waals surface area contributed by atoms with E-state index in [-0.39, 0.29) is 5.78 Å². The predicted octanol–water partition coefficient (Wildman–Crippen LogP) is 1.96. The van der Waals surface area contributed by atoms with Crippen LogP contribution in [0.3, 0.4) is 0 Å². The van der Waals surface area contributed by atoms with Gasteiger partial charge in [-0.25, -0.2) is 4.79 Å². The van der Waals surface area contributed by atoms with E-state index in [0.717, 1.165) is 29.6 Å². The first-order valence-electron chi connectivity index (χ1n) is 6.89. The van der Waals surface area contributed by atoms with E-state index in [1.165, 1.54) is 13.4 Å². The topological polar surface area (TPSA) is 61.8 Å². The number of esters is 1. The van der Waals surface area contributed by atoms with Gasteiger partial charge in [-0.2, -0.15) is 0 Å². The van der Waals surface area contributed by atoms with Crippen LogP contribution in [0.4, 0.5) is 0 Å². The summed E-state index contributed by atoms with van der Waals surface area (Å²) in [6, 6.07) is 0. The summed E-state index contributed by atoms with van der Waals surface area (Å²) in [5.74, 6) is -0.731. The fraction of sp³-hybridized carbons (Fsp3) is 0.375. The van der Waals surface area contributed by atoms with Crippen molar-refractivity contribution in [1.29, 1.82) is 0 Å². The summed E-state index contributed by atoms with van der Waals surface area (Å²) in [6.07, 6.45) is 9.25. The number of hydrogen-bond donors (Lipinski definition) is 0. The molecule has 110 valence electrons. The van der Waals surface area contributed by atoms with Crippen molar-refractivity contribution in [2.24, 2.45) is 0 Å². The van der Waals surface area contributed by atoms with Crippen LogP contribution >= 0.6 is 0 Å². The maximum Gasteiger partial charge on any atom is 0.376 e. The molecule has 3 aliphatic rings. The lowest BCUT2D eigenvalue weighted by atomic mass is 9.85. The molecule has 2 unspecified atom stereocenters. The molecule has 0 aromatic heterocycles. The van der Waals surface area contributed by atoms with Crippen molar-refractivity contribution in [2.45, 2.75) is 31.7 Å². The van der Waals surface area contributed by atoms with E-state index in [1.807, 2.05) is 24.3 Å². The molecule has 0 aromatic carbocycles. The van der Waals surface area contributed by atoms with Gasteiger partial charge in [0, 0.05) is 12.0 Å². The number of carbonyl (C=O) groups excluding carboxylic acids is 2. The maximum absolute atomic E-state index is 12.2. The second kappa shape index (κ2) is 5.69. The molecule has 1 aliphatic heterocycles. The first kappa shape index (κ1) is 13.8. The largest absolute Gasteiger partial charge is 0.464 e. The van der Waals surface area contributed by atoms with Crippen molar-refractivity contribution in [1.82, 2.24) is 0 Å². The SMILES string of the molecule is COC(=O)C1OC=C2C=CCC/C2=C2\C=CCC(=O)C2O1. The van der Waals surface area contributed by atoms with E-state index in [1.54, 1.807) is 0 Å². The molecule has 0 saturated carbocycles. The Morgan fingerprint density at radius 1 is 1.33 bits per heavy atom. The highest BCUT2D eigenvalue weighted by atomic mass is 16.7. The Kier molecular flexibility index (Phi) is 3.75. The van der Waals surface area contributed by atoms with Gasteiger partial charge >= 0.3 is 5.97 Å². The smallest absolute Gasteiger partial charge is 0.376 e. The van der Waals surface area contributed by atoms with Crippen LogP contribution < -0.4 is 0 Å². The summed E-state index contributed by atoms with van der Waals surface area (Å²) in [6.45, 7) is 0. The molecule has 0 radical (unpaired) electrons. The van der Waals surface area contributed by atoms with Gasteiger partial charge < -0.3 is 14.2 Å². The first-order chi connectivity index (χ1) is 10.2. The second-order valence-corrected chi connectivity index (χ2v) is 5.03. The van der Waals surface area contributed by atoms with Gasteiger partial charge in [-0.15, -0.1) is 0 Å². The van der Waals surface area contributed by atoms with Crippen LogP contribution in [0.5, 0.6) is 0 Å². The quantitative estimate of drug-likeness (QED) is 0.690. The molecule has 0 fully saturated rings. The van der Waals surface area contributed by atoms with Crippen molar-refractivity contribution in [2.75, 3.05) is 7.11 Å². The van der Waals surface area contributed by atoms with Crippen LogP contribution in [0.25, 0.3) is 0 Å². The molecule has 3 rings (SSSR count). The normalized spacial score (nSPS) is 31.3. The third-order valence-corrected chi connectivity index (χ3v) is 3.72. The summed E-state index contributed by atoms with van der Waals surface area (Å²) in [4.78, 5) is 23.9. The molecule has 0 saturated heterocycles. The number of fused-ring (bicyclic) bond motifs is 2. The molecule has 0 N–H and O–H groups in total. The van der Waals surface area contributed by atoms with Gasteiger partial charge in [0.05, 0.1) is 13.4 Å². The van der Waals surface area contributed by atoms with E-state index >= 15 is 0 Å². The van der Waals surface area contributed by atoms with Crippen molar-refractivity contribution >= 4 is 11.8 Å². The lowest BCUT2D eigenvalue weighted by molar-refractivity contribution is -0.189. The Morgan fingerprint density at radius 2 is 2.19 bits per heavy atom. The van der Waals surface area contributed by atoms with Crippen molar-refractivity contribution in [3.8, 4) is 0 Å². The predicted molar refractivity (Wildman–Crippen MR) is 74.0 cm³/mol. The summed E-state index contributed by atoms with van der Waals surface area (Å²) in [5, 5.41) is 0. The standard InChI is InChI=1S/C16H16O5/c1-19-15(18)16-20-9-10-5-2-3-6-11(10)12-7-4-8-13(17)14(12)21-16/h2,4-5,7,9,14,16H,3,6,8H2,1H3/b10-9?,12-11-. The number of hydrogen-bond acceptors (Lipinski definition) is 5. The zero-order valence-corrected chi connectivity index (χ0v) is 11.7. The van der Waals surface area contributed by atoms with Gasteiger partial charge in [0.15, 0.2) is 5.78 Å². The summed E-state index contributed by atoms with van der Waals surface area (Å²) in [7, 11) is 1.26. The Morgan fingerprint density at radius 3 is 3.00 bits per heavy atom. The Balaban J connectivity index is 2.06. The van der Waals surface area contributed by atoms with Crippen molar-refractivity contribution in [3.63, 3.8) is 0 Å². The number of ether oxygens (including phenoxy) is 3.